The van der Waals surface area contributed by atoms with E-state index in [0.717, 1.165) is 4.47 Å². The largest absolute Gasteiger partial charge is 0.264 e. The van der Waals surface area contributed by atoms with E-state index in [1.54, 1.807) is 0 Å². The van der Waals surface area contributed by atoms with Crippen LogP contribution in [0.3, 0.4) is 0 Å². The Kier molecular flexibility index (Phi) is 16.6. The third kappa shape index (κ3) is 11.4. The van der Waals surface area contributed by atoms with Gasteiger partial charge < -0.3 is 0 Å². The molecule has 2 aromatic carbocycles. The monoisotopic (exact) mass is 514 g/mol. The van der Waals surface area contributed by atoms with Crippen molar-refractivity contribution in [1.82, 2.24) is 9.97 Å². The van der Waals surface area contributed by atoms with Gasteiger partial charge in [-0.25, -0.2) is 0 Å². The number of benzene rings is 2. The number of hydrogen-bond donors (Lipinski definition) is 0. The first-order valence-electron chi connectivity index (χ1n) is 9.27. The van der Waals surface area contributed by atoms with Gasteiger partial charge in [0.2, 0.25) is 0 Å². The van der Waals surface area contributed by atoms with Crippen LogP contribution in [0.5, 0.6) is 0 Å². The zero-order chi connectivity index (χ0) is 22.1. The summed E-state index contributed by atoms with van der Waals surface area (Å²) < 4.78 is 0.301. The van der Waals surface area contributed by atoms with Crippen molar-refractivity contribution >= 4 is 72.3 Å². The van der Waals surface area contributed by atoms with E-state index in [0.29, 0.717) is 0 Å². The quantitative estimate of drug-likeness (QED) is 0.218. The highest BCUT2D eigenvalue weighted by Gasteiger charge is 1.94. The summed E-state index contributed by atoms with van der Waals surface area (Å²) in [5.74, 6) is 0. The molecule has 29 heavy (non-hydrogen) atoms. The van der Waals surface area contributed by atoms with Gasteiger partial charge >= 0.3 is 0 Å². The average Bonchev–Trinajstić information content (AvgIpc) is 2.77. The minimum Gasteiger partial charge on any atom is -0.264 e. The summed E-state index contributed by atoms with van der Waals surface area (Å²) in [5, 5.41) is 4.83. The predicted octanol–water partition coefficient (Wildman–Crippen LogP) is 9.27. The van der Waals surface area contributed by atoms with Crippen molar-refractivity contribution in [1.29, 1.82) is 0 Å². The first kappa shape index (κ1) is 27.6. The van der Waals surface area contributed by atoms with Crippen molar-refractivity contribution in [3.63, 3.8) is 0 Å². The van der Waals surface area contributed by atoms with E-state index in [1.165, 1.54) is 21.5 Å². The average molecular weight is 517 g/mol. The highest BCUT2D eigenvalue weighted by atomic mass is 79.9. The van der Waals surface area contributed by atoms with Crippen molar-refractivity contribution in [2.75, 3.05) is 0 Å². The second-order valence-corrected chi connectivity index (χ2v) is 7.65. The van der Waals surface area contributed by atoms with Crippen LogP contribution < -0.4 is 0 Å². The van der Waals surface area contributed by atoms with Crippen LogP contribution in [0.2, 0.25) is 0 Å². The number of nitrogens with zero attached hydrogens (tertiary/aromatic N) is 2. The topological polar surface area (TPSA) is 25.8 Å². The summed E-state index contributed by atoms with van der Waals surface area (Å²) in [7, 11) is 0. The second-order valence-electron chi connectivity index (χ2n) is 4.81. The normalized spacial score (nSPS) is 9.00. The molecule has 0 N–H and O–H groups in total. The summed E-state index contributed by atoms with van der Waals surface area (Å²) >= 11 is 17.9. The van der Waals surface area contributed by atoms with E-state index >= 15 is 0 Å². The van der Waals surface area contributed by atoms with Crippen molar-refractivity contribution < 1.29 is 0 Å². The highest BCUT2D eigenvalue weighted by Crippen LogP contribution is 2.21. The zero-order valence-corrected chi connectivity index (χ0v) is 20.8. The van der Waals surface area contributed by atoms with Gasteiger partial charge in [0.1, 0.15) is 0 Å². The Labute approximate surface area is 197 Å². The second kappa shape index (κ2) is 17.5. The number of alkyl halides is 3. The Bertz CT molecular complexity index is 860. The lowest BCUT2D eigenvalue weighted by molar-refractivity contribution is 1.35. The van der Waals surface area contributed by atoms with Gasteiger partial charge in [0.15, 0.2) is 4.30 Å². The molecular weight excluding hydrogens is 491 g/mol. The fourth-order valence-corrected chi connectivity index (χ4v) is 2.59. The molecular formula is C23H26BrCl3N2. The molecule has 6 heteroatoms. The van der Waals surface area contributed by atoms with Crippen LogP contribution in [0.25, 0.3) is 21.5 Å². The van der Waals surface area contributed by atoms with Crippen LogP contribution in [-0.2, 0) is 0 Å². The summed E-state index contributed by atoms with van der Waals surface area (Å²) in [6.45, 7) is 8.00. The van der Waals surface area contributed by atoms with Crippen LogP contribution in [-0.4, -0.2) is 14.3 Å². The molecule has 0 saturated heterocycles. The van der Waals surface area contributed by atoms with Gasteiger partial charge in [-0.2, -0.15) is 0 Å². The van der Waals surface area contributed by atoms with Crippen molar-refractivity contribution in [2.45, 2.75) is 32.0 Å². The van der Waals surface area contributed by atoms with Crippen LogP contribution in [0.4, 0.5) is 0 Å². The van der Waals surface area contributed by atoms with Crippen molar-refractivity contribution in [3.05, 3.63) is 83.9 Å². The molecule has 0 bridgehead atoms. The maximum Gasteiger partial charge on any atom is 0.180 e. The molecule has 0 aliphatic heterocycles. The van der Waals surface area contributed by atoms with E-state index in [9.17, 15) is 0 Å². The number of aromatic nitrogens is 2. The molecule has 4 rings (SSSR count). The SMILES string of the molecule is Brc1cncc2ccccc12.CC.CC.ClC(Cl)Cl.c1ccc2cnccc2c1. The maximum absolute atomic E-state index is 4.81. The van der Waals surface area contributed by atoms with Crippen LogP contribution in [0.15, 0.2) is 83.9 Å². The molecule has 156 valence electrons. The maximum atomic E-state index is 4.81. The number of pyridine rings is 2. The lowest BCUT2D eigenvalue weighted by Gasteiger charge is -1.96. The lowest BCUT2D eigenvalue weighted by atomic mass is 10.2. The van der Waals surface area contributed by atoms with Crippen molar-refractivity contribution in [2.24, 2.45) is 0 Å². The van der Waals surface area contributed by atoms with Crippen LogP contribution in [0.1, 0.15) is 27.7 Å². The standard InChI is InChI=1S/C9H6BrN.C9H7N.2C2H6.CHCl3/c10-9-6-11-5-7-3-1-2-4-8(7)9;1-2-4-9-7-10-6-5-8(9)3-1;2*1-2;2-1(3)4/h1-6H;1-7H;2*1-2H3;1H. The van der Waals surface area contributed by atoms with E-state index in [1.807, 2.05) is 88.9 Å². The molecule has 0 amide bonds. The molecule has 0 aliphatic carbocycles. The molecule has 0 spiro atoms. The minimum atomic E-state index is -0.750. The van der Waals surface area contributed by atoms with Gasteiger partial charge in [-0.05, 0) is 38.2 Å². The van der Waals surface area contributed by atoms with Gasteiger partial charge in [0.05, 0.1) is 0 Å². The summed E-state index contributed by atoms with van der Waals surface area (Å²) in [6.07, 6.45) is 7.35. The number of fused-ring (bicyclic) bond motifs is 2. The summed E-state index contributed by atoms with van der Waals surface area (Å²) in [6, 6.07) is 18.3. The highest BCUT2D eigenvalue weighted by molar-refractivity contribution is 9.10. The predicted molar refractivity (Wildman–Crippen MR) is 135 cm³/mol. The van der Waals surface area contributed by atoms with E-state index in [2.05, 4.69) is 44.1 Å². The smallest absolute Gasteiger partial charge is 0.180 e. The molecule has 2 aromatic heterocycles. The molecule has 0 saturated carbocycles. The molecule has 0 atom stereocenters. The summed E-state index contributed by atoms with van der Waals surface area (Å²) in [5.41, 5.74) is 0. The first-order chi connectivity index (χ1) is 14.1. The van der Waals surface area contributed by atoms with Gasteiger partial charge in [0, 0.05) is 34.6 Å². The van der Waals surface area contributed by atoms with Gasteiger partial charge in [-0.1, -0.05) is 111 Å². The molecule has 2 nitrogen and oxygen atoms in total. The van der Waals surface area contributed by atoms with Crippen LogP contribution >= 0.6 is 50.7 Å². The third-order valence-electron chi connectivity index (χ3n) is 3.17. The Morgan fingerprint density at radius 3 is 1.69 bits per heavy atom. The number of halogens is 4. The Balaban J connectivity index is 0.000000403. The molecule has 0 aliphatic rings. The number of hydrogen-bond acceptors (Lipinski definition) is 2. The van der Waals surface area contributed by atoms with Crippen LogP contribution in [0, 0.1) is 0 Å². The fourth-order valence-electron chi connectivity index (χ4n) is 2.11. The van der Waals surface area contributed by atoms with E-state index in [4.69, 9.17) is 34.8 Å². The molecule has 4 aromatic rings. The van der Waals surface area contributed by atoms with Crippen molar-refractivity contribution in [3.8, 4) is 0 Å². The van der Waals surface area contributed by atoms with Gasteiger partial charge in [0.25, 0.3) is 0 Å². The summed E-state index contributed by atoms with van der Waals surface area (Å²) in [4.78, 5) is 8.08. The molecule has 0 radical (unpaired) electrons. The molecule has 0 unspecified atom stereocenters. The van der Waals surface area contributed by atoms with E-state index in [-0.39, 0.29) is 0 Å². The minimum absolute atomic E-state index is 0.750. The Morgan fingerprint density at radius 2 is 1.14 bits per heavy atom. The molecule has 2 heterocycles. The Hall–Kier alpha value is -1.39. The third-order valence-corrected chi connectivity index (χ3v) is 3.80. The van der Waals surface area contributed by atoms with E-state index < -0.39 is 4.30 Å². The fraction of sp³-hybridized carbons (Fsp3) is 0.217. The first-order valence-corrected chi connectivity index (χ1v) is 11.4. The molecule has 0 fully saturated rings. The Morgan fingerprint density at radius 1 is 0.655 bits per heavy atom. The lowest BCUT2D eigenvalue weighted by Crippen LogP contribution is -1.75. The van der Waals surface area contributed by atoms with Gasteiger partial charge in [-0.3, -0.25) is 9.97 Å². The number of rotatable bonds is 0. The van der Waals surface area contributed by atoms with Gasteiger partial charge in [-0.15, -0.1) is 0 Å². The zero-order valence-electron chi connectivity index (χ0n) is 17.0.